The number of alkyl halides is 1. The van der Waals surface area contributed by atoms with Gasteiger partial charge in [-0.3, -0.25) is 14.6 Å². The van der Waals surface area contributed by atoms with Crippen LogP contribution < -0.4 is 0 Å². The van der Waals surface area contributed by atoms with Crippen molar-refractivity contribution in [1.82, 2.24) is 19.7 Å². The Hall–Kier alpha value is -1.93. The highest BCUT2D eigenvalue weighted by Gasteiger charge is 2.11. The molecule has 0 unspecified atom stereocenters. The number of rotatable bonds is 3. The van der Waals surface area contributed by atoms with Gasteiger partial charge in [-0.15, -0.1) is 11.6 Å². The predicted molar refractivity (Wildman–Crippen MR) is 58.4 cm³/mol. The molecule has 0 aliphatic carbocycles. The van der Waals surface area contributed by atoms with Crippen LogP contribution in [0, 0.1) is 11.3 Å². The summed E-state index contributed by atoms with van der Waals surface area (Å²) >= 11 is 5.81. The van der Waals surface area contributed by atoms with Gasteiger partial charge in [-0.25, -0.2) is 0 Å². The van der Waals surface area contributed by atoms with Gasteiger partial charge in [0, 0.05) is 24.2 Å². The summed E-state index contributed by atoms with van der Waals surface area (Å²) in [6.07, 6.45) is 6.56. The first-order valence-electron chi connectivity index (χ1n) is 4.60. The van der Waals surface area contributed by atoms with Gasteiger partial charge >= 0.3 is 0 Å². The molecule has 0 spiro atoms. The Balaban J connectivity index is 2.44. The van der Waals surface area contributed by atoms with Crippen LogP contribution >= 0.6 is 11.6 Å². The molecular weight excluding hydrogens is 226 g/mol. The molecule has 5 nitrogen and oxygen atoms in total. The Morgan fingerprint density at radius 3 is 2.94 bits per heavy atom. The molecule has 6 heteroatoms. The molecule has 0 saturated carbocycles. The molecule has 0 aromatic carbocycles. The molecule has 0 aliphatic heterocycles. The number of nitrogens with zero attached hydrogens (tertiary/aromatic N) is 5. The monoisotopic (exact) mass is 233 g/mol. The quantitative estimate of drug-likeness (QED) is 0.756. The van der Waals surface area contributed by atoms with Gasteiger partial charge in [0.15, 0.2) is 0 Å². The average Bonchev–Trinajstić information content (AvgIpc) is 2.74. The second-order valence-corrected chi connectivity index (χ2v) is 3.35. The van der Waals surface area contributed by atoms with Gasteiger partial charge in [0.1, 0.15) is 17.9 Å². The summed E-state index contributed by atoms with van der Waals surface area (Å²) in [6, 6.07) is 2.02. The highest BCUT2D eigenvalue weighted by Crippen LogP contribution is 2.20. The molecule has 0 atom stereocenters. The fourth-order valence-corrected chi connectivity index (χ4v) is 1.55. The molecule has 0 fully saturated rings. The minimum absolute atomic E-state index is 0.199. The Morgan fingerprint density at radius 1 is 1.44 bits per heavy atom. The van der Waals surface area contributed by atoms with Gasteiger partial charge in [-0.1, -0.05) is 0 Å². The Kier molecular flexibility index (Phi) is 3.13. The summed E-state index contributed by atoms with van der Waals surface area (Å²) in [5, 5.41) is 12.8. The van der Waals surface area contributed by atoms with E-state index in [0.717, 1.165) is 5.56 Å². The molecule has 80 valence electrons. The minimum Gasteiger partial charge on any atom is -0.261 e. The summed E-state index contributed by atoms with van der Waals surface area (Å²) in [6.45, 7) is 0.199. The summed E-state index contributed by atoms with van der Waals surface area (Å²) in [7, 11) is 0. The van der Waals surface area contributed by atoms with Crippen LogP contribution in [0.2, 0.25) is 0 Å². The maximum absolute atomic E-state index is 8.59. The van der Waals surface area contributed by atoms with Gasteiger partial charge < -0.3 is 0 Å². The van der Waals surface area contributed by atoms with E-state index in [-0.39, 0.29) is 6.54 Å². The summed E-state index contributed by atoms with van der Waals surface area (Å²) in [5.74, 6) is 0.331. The fraction of sp³-hybridized carbons (Fsp3) is 0.200. The predicted octanol–water partition coefficient (Wildman–Crippen LogP) is 1.60. The zero-order chi connectivity index (χ0) is 11.4. The van der Waals surface area contributed by atoms with Gasteiger partial charge in [0.05, 0.1) is 18.1 Å². The van der Waals surface area contributed by atoms with Crippen LogP contribution in [0.15, 0.2) is 24.8 Å². The Labute approximate surface area is 97.3 Å². The highest BCUT2D eigenvalue weighted by molar-refractivity contribution is 6.17. The van der Waals surface area contributed by atoms with Crippen LogP contribution in [0.5, 0.6) is 0 Å². The normalized spacial score (nSPS) is 10.0. The second-order valence-electron chi connectivity index (χ2n) is 3.08. The third kappa shape index (κ3) is 2.02. The van der Waals surface area contributed by atoms with Crippen molar-refractivity contribution in [2.24, 2.45) is 0 Å². The number of hydrogen-bond acceptors (Lipinski definition) is 4. The van der Waals surface area contributed by atoms with Crippen LogP contribution in [-0.2, 0) is 12.4 Å². The Bertz CT molecular complexity index is 514. The third-order valence-electron chi connectivity index (χ3n) is 2.02. The van der Waals surface area contributed by atoms with Crippen molar-refractivity contribution in [2.45, 2.75) is 12.4 Å². The van der Waals surface area contributed by atoms with E-state index < -0.39 is 0 Å². The molecule has 2 heterocycles. The van der Waals surface area contributed by atoms with Gasteiger partial charge in [0.2, 0.25) is 0 Å². The molecule has 0 radical (unpaired) electrons. The molecule has 0 aliphatic rings. The molecule has 2 rings (SSSR count). The van der Waals surface area contributed by atoms with Crippen LogP contribution in [0.1, 0.15) is 5.56 Å². The average molecular weight is 234 g/mol. The maximum Gasteiger partial charge on any atom is 0.128 e. The summed E-state index contributed by atoms with van der Waals surface area (Å²) < 4.78 is 1.54. The lowest BCUT2D eigenvalue weighted by Crippen LogP contribution is -1.96. The zero-order valence-corrected chi connectivity index (χ0v) is 9.09. The van der Waals surface area contributed by atoms with Crippen molar-refractivity contribution in [2.75, 3.05) is 0 Å². The van der Waals surface area contributed by atoms with E-state index in [0.29, 0.717) is 17.3 Å². The van der Waals surface area contributed by atoms with Crippen LogP contribution in [0.3, 0.4) is 0 Å². The smallest absolute Gasteiger partial charge is 0.128 e. The van der Waals surface area contributed by atoms with Crippen molar-refractivity contribution in [3.63, 3.8) is 0 Å². The number of halogens is 1. The zero-order valence-electron chi connectivity index (χ0n) is 8.34. The fourth-order valence-electron chi connectivity index (χ4n) is 1.35. The molecule has 16 heavy (non-hydrogen) atoms. The Morgan fingerprint density at radius 2 is 2.31 bits per heavy atom. The lowest BCUT2D eigenvalue weighted by atomic mass is 10.2. The number of hydrogen-bond donors (Lipinski definition) is 0. The van der Waals surface area contributed by atoms with Crippen molar-refractivity contribution >= 4 is 11.6 Å². The maximum atomic E-state index is 8.59. The van der Waals surface area contributed by atoms with Gasteiger partial charge in [-0.05, 0) is 0 Å². The van der Waals surface area contributed by atoms with E-state index in [1.165, 1.54) is 0 Å². The lowest BCUT2D eigenvalue weighted by molar-refractivity contribution is 0.711. The van der Waals surface area contributed by atoms with Crippen LogP contribution in [0.4, 0.5) is 0 Å². The largest absolute Gasteiger partial charge is 0.261 e. The van der Waals surface area contributed by atoms with Crippen molar-refractivity contribution in [3.8, 4) is 17.5 Å². The first kappa shape index (κ1) is 10.6. The number of aromatic nitrogens is 4. The lowest BCUT2D eigenvalue weighted by Gasteiger charge is -1.96. The standard InChI is InChI=1S/C10H8ClN5/c11-5-8-7-16(4-1-12)15-10(8)9-6-13-2-3-14-9/h2-3,6-7H,4-5H2. The van der Waals surface area contributed by atoms with Crippen molar-refractivity contribution < 1.29 is 0 Å². The minimum atomic E-state index is 0.199. The van der Waals surface area contributed by atoms with Crippen molar-refractivity contribution in [3.05, 3.63) is 30.4 Å². The SMILES string of the molecule is N#CCn1cc(CCl)c(-c2cnccn2)n1. The van der Waals surface area contributed by atoms with E-state index in [4.69, 9.17) is 16.9 Å². The van der Waals surface area contributed by atoms with E-state index >= 15 is 0 Å². The first-order valence-corrected chi connectivity index (χ1v) is 5.14. The molecular formula is C10H8ClN5. The summed E-state index contributed by atoms with van der Waals surface area (Å²) in [5.41, 5.74) is 2.19. The molecule has 2 aromatic heterocycles. The van der Waals surface area contributed by atoms with Gasteiger partial charge in [0.25, 0.3) is 0 Å². The van der Waals surface area contributed by atoms with Crippen molar-refractivity contribution in [1.29, 1.82) is 5.26 Å². The van der Waals surface area contributed by atoms with Crippen LogP contribution in [-0.4, -0.2) is 19.7 Å². The topological polar surface area (TPSA) is 67.4 Å². The first-order chi connectivity index (χ1) is 7.85. The van der Waals surface area contributed by atoms with Gasteiger partial charge in [-0.2, -0.15) is 10.4 Å². The van der Waals surface area contributed by atoms with E-state index in [9.17, 15) is 0 Å². The highest BCUT2D eigenvalue weighted by atomic mass is 35.5. The van der Waals surface area contributed by atoms with E-state index in [2.05, 4.69) is 15.1 Å². The number of nitriles is 1. The molecule has 0 saturated heterocycles. The molecule has 0 N–H and O–H groups in total. The molecule has 0 amide bonds. The molecule has 0 bridgehead atoms. The molecule has 2 aromatic rings. The second kappa shape index (κ2) is 4.73. The van der Waals surface area contributed by atoms with E-state index in [1.54, 1.807) is 29.5 Å². The summed E-state index contributed by atoms with van der Waals surface area (Å²) in [4.78, 5) is 8.12. The third-order valence-corrected chi connectivity index (χ3v) is 2.31. The van der Waals surface area contributed by atoms with E-state index in [1.807, 2.05) is 6.07 Å². The van der Waals surface area contributed by atoms with Crippen LogP contribution in [0.25, 0.3) is 11.4 Å².